The van der Waals surface area contributed by atoms with Gasteiger partial charge in [0.25, 0.3) is 5.91 Å². The van der Waals surface area contributed by atoms with Gasteiger partial charge in [0.15, 0.2) is 0 Å². The van der Waals surface area contributed by atoms with Gasteiger partial charge >= 0.3 is 6.09 Å². The van der Waals surface area contributed by atoms with E-state index in [1.807, 2.05) is 35.6 Å². The summed E-state index contributed by atoms with van der Waals surface area (Å²) in [5.74, 6) is 0.0142. The molecule has 1 atom stereocenters. The molecule has 120 valence electrons. The lowest BCUT2D eigenvalue weighted by Crippen LogP contribution is -2.53. The van der Waals surface area contributed by atoms with Gasteiger partial charge in [-0.2, -0.15) is 0 Å². The summed E-state index contributed by atoms with van der Waals surface area (Å²) in [5.41, 5.74) is 2.92. The Morgan fingerprint density at radius 3 is 2.91 bits per heavy atom. The molecule has 0 aliphatic carbocycles. The number of carbonyl (C=O) groups excluding carboxylic acids is 2. The Morgan fingerprint density at radius 2 is 2.09 bits per heavy atom. The summed E-state index contributed by atoms with van der Waals surface area (Å²) in [6.07, 6.45) is -0.262. The second-order valence-corrected chi connectivity index (χ2v) is 6.33. The number of aryl methyl sites for hydroxylation is 2. The number of ether oxygens (including phenoxy) is 1. The van der Waals surface area contributed by atoms with Crippen molar-refractivity contribution < 1.29 is 14.3 Å². The number of nitrogens with zero attached hydrogens (tertiary/aromatic N) is 3. The molecule has 2 fully saturated rings. The second kappa shape index (κ2) is 5.01. The van der Waals surface area contributed by atoms with Crippen molar-refractivity contribution in [3.8, 4) is 0 Å². The van der Waals surface area contributed by atoms with Crippen molar-refractivity contribution >= 4 is 22.9 Å². The molecule has 0 radical (unpaired) electrons. The van der Waals surface area contributed by atoms with Crippen LogP contribution in [-0.4, -0.2) is 58.7 Å². The van der Waals surface area contributed by atoms with Crippen molar-refractivity contribution in [3.63, 3.8) is 0 Å². The maximum atomic E-state index is 12.9. The fourth-order valence-electron chi connectivity index (χ4n) is 3.51. The standard InChI is InChI=1S/C17H19N3O3/c1-11-3-4-14-12(7-11)8-15(18(14)2)16(21)19-5-6-20-13(9-19)10-23-17(20)22/h3-4,7-8,13H,5-6,9-10H2,1-2H3/t13-/m0/s1. The normalized spacial score (nSPS) is 20.8. The number of benzene rings is 1. The monoisotopic (exact) mass is 313 g/mol. The van der Waals surface area contributed by atoms with Crippen LogP contribution in [-0.2, 0) is 11.8 Å². The summed E-state index contributed by atoms with van der Waals surface area (Å²) >= 11 is 0. The summed E-state index contributed by atoms with van der Waals surface area (Å²) in [4.78, 5) is 28.0. The van der Waals surface area contributed by atoms with E-state index >= 15 is 0 Å². The van der Waals surface area contributed by atoms with Crippen molar-refractivity contribution in [2.24, 2.45) is 7.05 Å². The molecule has 0 N–H and O–H groups in total. The topological polar surface area (TPSA) is 54.8 Å². The summed E-state index contributed by atoms with van der Waals surface area (Å²) < 4.78 is 7.01. The molecule has 23 heavy (non-hydrogen) atoms. The number of aromatic nitrogens is 1. The maximum absolute atomic E-state index is 12.9. The van der Waals surface area contributed by atoms with Gasteiger partial charge in [-0.25, -0.2) is 4.79 Å². The van der Waals surface area contributed by atoms with E-state index < -0.39 is 0 Å². The van der Waals surface area contributed by atoms with E-state index in [2.05, 4.69) is 12.1 Å². The van der Waals surface area contributed by atoms with Gasteiger partial charge in [0.05, 0.1) is 6.04 Å². The number of piperazine rings is 1. The molecule has 6 heteroatoms. The van der Waals surface area contributed by atoms with Crippen molar-refractivity contribution in [1.29, 1.82) is 0 Å². The Kier molecular flexibility index (Phi) is 3.07. The Labute approximate surface area is 134 Å². The van der Waals surface area contributed by atoms with Gasteiger partial charge in [0.2, 0.25) is 0 Å². The van der Waals surface area contributed by atoms with Gasteiger partial charge in [0.1, 0.15) is 12.3 Å². The van der Waals surface area contributed by atoms with Gasteiger partial charge in [-0.3, -0.25) is 9.69 Å². The first-order chi connectivity index (χ1) is 11.0. The van der Waals surface area contributed by atoms with Crippen molar-refractivity contribution in [2.45, 2.75) is 13.0 Å². The predicted molar refractivity (Wildman–Crippen MR) is 85.4 cm³/mol. The number of hydrogen-bond acceptors (Lipinski definition) is 3. The average Bonchev–Trinajstić information content (AvgIpc) is 3.07. The number of rotatable bonds is 1. The third kappa shape index (κ3) is 2.17. The van der Waals surface area contributed by atoms with E-state index in [1.54, 1.807) is 4.90 Å². The number of fused-ring (bicyclic) bond motifs is 2. The smallest absolute Gasteiger partial charge is 0.410 e. The molecule has 2 amide bonds. The van der Waals surface area contributed by atoms with Crippen LogP contribution in [0.25, 0.3) is 10.9 Å². The molecule has 1 aromatic carbocycles. The third-order valence-corrected chi connectivity index (χ3v) is 4.82. The maximum Gasteiger partial charge on any atom is 0.410 e. The van der Waals surface area contributed by atoms with Crippen LogP contribution in [0.15, 0.2) is 24.3 Å². The third-order valence-electron chi connectivity index (χ3n) is 4.82. The lowest BCUT2D eigenvalue weighted by atomic mass is 10.1. The summed E-state index contributed by atoms with van der Waals surface area (Å²) in [7, 11) is 1.92. The zero-order valence-corrected chi connectivity index (χ0v) is 13.3. The highest BCUT2D eigenvalue weighted by Crippen LogP contribution is 2.23. The van der Waals surface area contributed by atoms with E-state index in [0.29, 0.717) is 31.9 Å². The molecule has 2 aliphatic rings. The molecule has 2 aliphatic heterocycles. The fraction of sp³-hybridized carbons (Fsp3) is 0.412. The lowest BCUT2D eigenvalue weighted by Gasteiger charge is -2.35. The van der Waals surface area contributed by atoms with Crippen LogP contribution in [0.2, 0.25) is 0 Å². The van der Waals surface area contributed by atoms with E-state index in [4.69, 9.17) is 4.74 Å². The number of hydrogen-bond donors (Lipinski definition) is 0. The highest BCUT2D eigenvalue weighted by Gasteiger charge is 2.39. The SMILES string of the molecule is Cc1ccc2c(c1)cc(C(=O)N1CCN3C(=O)OC[C@@H]3C1)n2C. The van der Waals surface area contributed by atoms with Crippen molar-refractivity contribution in [2.75, 3.05) is 26.2 Å². The van der Waals surface area contributed by atoms with Crippen LogP contribution >= 0.6 is 0 Å². The van der Waals surface area contributed by atoms with E-state index in [-0.39, 0.29) is 18.0 Å². The predicted octanol–water partition coefficient (Wildman–Crippen LogP) is 1.76. The molecule has 6 nitrogen and oxygen atoms in total. The van der Waals surface area contributed by atoms with Crippen molar-refractivity contribution in [3.05, 3.63) is 35.5 Å². The van der Waals surface area contributed by atoms with Crippen LogP contribution in [0.1, 0.15) is 16.1 Å². The zero-order valence-electron chi connectivity index (χ0n) is 13.3. The minimum absolute atomic E-state index is 0.0142. The highest BCUT2D eigenvalue weighted by molar-refractivity contribution is 5.99. The molecule has 2 saturated heterocycles. The van der Waals surface area contributed by atoms with E-state index in [9.17, 15) is 9.59 Å². The molecular weight excluding hydrogens is 294 g/mol. The molecule has 0 spiro atoms. The van der Waals surface area contributed by atoms with Crippen LogP contribution in [0.5, 0.6) is 0 Å². The van der Waals surface area contributed by atoms with Crippen LogP contribution in [0, 0.1) is 6.92 Å². The summed E-state index contributed by atoms with van der Waals surface area (Å²) in [6, 6.07) is 8.12. The zero-order chi connectivity index (χ0) is 16.1. The average molecular weight is 313 g/mol. The van der Waals surface area contributed by atoms with Crippen LogP contribution in [0.4, 0.5) is 4.79 Å². The Balaban J connectivity index is 1.62. The first-order valence-corrected chi connectivity index (χ1v) is 7.83. The molecule has 0 unspecified atom stereocenters. The van der Waals surface area contributed by atoms with Crippen LogP contribution < -0.4 is 0 Å². The minimum Gasteiger partial charge on any atom is -0.447 e. The summed E-state index contributed by atoms with van der Waals surface area (Å²) in [5, 5.41) is 1.08. The second-order valence-electron chi connectivity index (χ2n) is 6.33. The molecule has 3 heterocycles. The fourth-order valence-corrected chi connectivity index (χ4v) is 3.51. The molecule has 2 aromatic rings. The molecular formula is C17H19N3O3. The number of carbonyl (C=O) groups is 2. The Hall–Kier alpha value is -2.50. The molecule has 1 aromatic heterocycles. The Bertz CT molecular complexity index is 811. The molecule has 0 saturated carbocycles. The van der Waals surface area contributed by atoms with E-state index in [0.717, 1.165) is 10.9 Å². The van der Waals surface area contributed by atoms with Gasteiger partial charge in [-0.1, -0.05) is 11.6 Å². The van der Waals surface area contributed by atoms with E-state index in [1.165, 1.54) is 5.56 Å². The quantitative estimate of drug-likeness (QED) is 0.806. The van der Waals surface area contributed by atoms with Gasteiger partial charge in [-0.05, 0) is 25.1 Å². The Morgan fingerprint density at radius 1 is 1.26 bits per heavy atom. The first-order valence-electron chi connectivity index (χ1n) is 7.83. The lowest BCUT2D eigenvalue weighted by molar-refractivity contribution is 0.0608. The largest absolute Gasteiger partial charge is 0.447 e. The van der Waals surface area contributed by atoms with Crippen molar-refractivity contribution in [1.82, 2.24) is 14.4 Å². The first kappa shape index (κ1) is 14.1. The summed E-state index contributed by atoms with van der Waals surface area (Å²) in [6.45, 7) is 4.04. The number of amides is 2. The molecule has 4 rings (SSSR count). The molecule has 0 bridgehead atoms. The van der Waals surface area contributed by atoms with Gasteiger partial charge < -0.3 is 14.2 Å². The number of cyclic esters (lactones) is 1. The minimum atomic E-state index is -0.262. The van der Waals surface area contributed by atoms with Crippen LogP contribution in [0.3, 0.4) is 0 Å². The highest BCUT2D eigenvalue weighted by atomic mass is 16.6. The van der Waals surface area contributed by atoms with Gasteiger partial charge in [-0.15, -0.1) is 0 Å². The van der Waals surface area contributed by atoms with Gasteiger partial charge in [0, 0.05) is 37.6 Å².